The molecule has 1 aromatic rings. The number of hydrogen-bond acceptors (Lipinski definition) is 2. The summed E-state index contributed by atoms with van der Waals surface area (Å²) in [4.78, 5) is 21.1. The smallest absolute Gasteiger partial charge is 0.304 e. The highest BCUT2D eigenvalue weighted by molar-refractivity contribution is 9.10. The quantitative estimate of drug-likeness (QED) is 0.677. The summed E-state index contributed by atoms with van der Waals surface area (Å²) in [5, 5.41) is 8.48. The van der Waals surface area contributed by atoms with Gasteiger partial charge in [-0.05, 0) is 24.3 Å². The van der Waals surface area contributed by atoms with Gasteiger partial charge in [0.25, 0.3) is 0 Å². The third-order valence-electron chi connectivity index (χ3n) is 1.77. The molecule has 0 saturated heterocycles. The minimum Gasteiger partial charge on any atom is -0.481 e. The van der Waals surface area contributed by atoms with E-state index in [4.69, 9.17) is 5.11 Å². The molecule has 0 saturated carbocycles. The number of benzene rings is 1. The number of aliphatic carboxylic acids is 1. The van der Waals surface area contributed by atoms with E-state index in [1.807, 2.05) is 0 Å². The Labute approximate surface area is 94.0 Å². The highest BCUT2D eigenvalue weighted by Gasteiger charge is 2.19. The molecule has 0 fully saturated rings. The molecule has 0 heterocycles. The molecule has 0 radical (unpaired) electrons. The van der Waals surface area contributed by atoms with Gasteiger partial charge in [0, 0.05) is 5.56 Å². The van der Waals surface area contributed by atoms with Crippen molar-refractivity contribution in [2.45, 2.75) is 11.2 Å². The summed E-state index contributed by atoms with van der Waals surface area (Å²) < 4.78 is 12.5. The third kappa shape index (κ3) is 3.43. The molecule has 0 bridgehead atoms. The van der Waals surface area contributed by atoms with E-state index in [1.165, 1.54) is 12.1 Å². The third-order valence-corrected chi connectivity index (χ3v) is 2.51. The molecule has 80 valence electrons. The van der Waals surface area contributed by atoms with Crippen LogP contribution in [-0.4, -0.2) is 21.7 Å². The molecule has 0 aliphatic rings. The van der Waals surface area contributed by atoms with Crippen LogP contribution in [0.1, 0.15) is 16.8 Å². The van der Waals surface area contributed by atoms with Gasteiger partial charge in [-0.15, -0.1) is 0 Å². The first kappa shape index (κ1) is 11.8. The van der Waals surface area contributed by atoms with E-state index < -0.39 is 16.6 Å². The van der Waals surface area contributed by atoms with Crippen LogP contribution in [0.15, 0.2) is 24.3 Å². The van der Waals surface area contributed by atoms with E-state index >= 15 is 0 Å². The zero-order valence-corrected chi connectivity index (χ0v) is 9.20. The first-order valence-corrected chi connectivity index (χ1v) is 5.08. The van der Waals surface area contributed by atoms with Crippen LogP contribution in [0, 0.1) is 5.82 Å². The Morgan fingerprint density at radius 1 is 1.33 bits per heavy atom. The maximum absolute atomic E-state index is 12.5. The Balaban J connectivity index is 2.76. The number of Topliss-reactive ketones (excluding diaryl/α,β-unsaturated/α-hetero) is 1. The van der Waals surface area contributed by atoms with Crippen LogP contribution >= 0.6 is 15.9 Å². The van der Waals surface area contributed by atoms with Crippen LogP contribution in [0.2, 0.25) is 0 Å². The Morgan fingerprint density at radius 2 is 1.87 bits per heavy atom. The highest BCUT2D eigenvalue weighted by Crippen LogP contribution is 2.14. The summed E-state index contributed by atoms with van der Waals surface area (Å²) in [7, 11) is 0. The maximum atomic E-state index is 12.5. The summed E-state index contributed by atoms with van der Waals surface area (Å²) in [5.74, 6) is -1.86. The van der Waals surface area contributed by atoms with Gasteiger partial charge in [-0.3, -0.25) is 9.59 Å². The normalized spacial score (nSPS) is 12.1. The molecular formula is C10H8BrFO3. The number of carboxylic acid groups (broad SMARTS) is 1. The number of carbonyl (C=O) groups is 2. The van der Waals surface area contributed by atoms with Crippen molar-refractivity contribution in [2.24, 2.45) is 0 Å². The number of ketones is 1. The van der Waals surface area contributed by atoms with Crippen molar-refractivity contribution in [2.75, 3.05) is 0 Å². The predicted octanol–water partition coefficient (Wildman–Crippen LogP) is 2.25. The lowest BCUT2D eigenvalue weighted by atomic mass is 10.1. The topological polar surface area (TPSA) is 54.4 Å². The van der Waals surface area contributed by atoms with Crippen molar-refractivity contribution in [1.82, 2.24) is 0 Å². The molecule has 1 atom stereocenters. The number of halogens is 2. The first-order chi connectivity index (χ1) is 7.00. The van der Waals surface area contributed by atoms with Gasteiger partial charge in [-0.1, -0.05) is 15.9 Å². The summed E-state index contributed by atoms with van der Waals surface area (Å²) in [6.07, 6.45) is -0.295. The molecule has 1 aromatic carbocycles. The van der Waals surface area contributed by atoms with E-state index in [0.717, 1.165) is 12.1 Å². The molecule has 0 amide bonds. The van der Waals surface area contributed by atoms with Crippen molar-refractivity contribution in [3.63, 3.8) is 0 Å². The summed E-state index contributed by atoms with van der Waals surface area (Å²) in [6.45, 7) is 0. The minimum atomic E-state index is -1.06. The lowest BCUT2D eigenvalue weighted by molar-refractivity contribution is -0.136. The predicted molar refractivity (Wildman–Crippen MR) is 55.7 cm³/mol. The Hall–Kier alpha value is -1.23. The lowest BCUT2D eigenvalue weighted by Crippen LogP contribution is -2.18. The molecule has 0 aliphatic carbocycles. The lowest BCUT2D eigenvalue weighted by Gasteiger charge is -2.05. The van der Waals surface area contributed by atoms with Gasteiger partial charge in [-0.25, -0.2) is 4.39 Å². The summed E-state index contributed by atoms with van der Waals surface area (Å²) in [6, 6.07) is 4.98. The molecule has 15 heavy (non-hydrogen) atoms. The van der Waals surface area contributed by atoms with Gasteiger partial charge in [0.2, 0.25) is 0 Å². The van der Waals surface area contributed by atoms with Crippen molar-refractivity contribution in [3.8, 4) is 0 Å². The van der Waals surface area contributed by atoms with Crippen LogP contribution < -0.4 is 0 Å². The maximum Gasteiger partial charge on any atom is 0.304 e. The zero-order chi connectivity index (χ0) is 11.4. The second kappa shape index (κ2) is 5.02. The fourth-order valence-corrected chi connectivity index (χ4v) is 1.58. The van der Waals surface area contributed by atoms with Crippen LogP contribution in [0.4, 0.5) is 4.39 Å². The van der Waals surface area contributed by atoms with E-state index in [9.17, 15) is 14.0 Å². The van der Waals surface area contributed by atoms with E-state index in [-0.39, 0.29) is 12.2 Å². The first-order valence-electron chi connectivity index (χ1n) is 4.16. The van der Waals surface area contributed by atoms with Crippen LogP contribution in [-0.2, 0) is 4.79 Å². The Morgan fingerprint density at radius 3 is 2.33 bits per heavy atom. The number of hydrogen-bond donors (Lipinski definition) is 1. The van der Waals surface area contributed by atoms with Crippen molar-refractivity contribution in [1.29, 1.82) is 0 Å². The van der Waals surface area contributed by atoms with Gasteiger partial charge >= 0.3 is 5.97 Å². The molecule has 1 N–H and O–H groups in total. The van der Waals surface area contributed by atoms with Crippen LogP contribution in [0.3, 0.4) is 0 Å². The molecule has 0 aliphatic heterocycles. The van der Waals surface area contributed by atoms with E-state index in [2.05, 4.69) is 15.9 Å². The molecular weight excluding hydrogens is 267 g/mol. The second-order valence-corrected chi connectivity index (χ2v) is 4.04. The number of alkyl halides is 1. The number of carbonyl (C=O) groups excluding carboxylic acids is 1. The largest absolute Gasteiger partial charge is 0.481 e. The fraction of sp³-hybridized carbons (Fsp3) is 0.200. The van der Waals surface area contributed by atoms with E-state index in [0.29, 0.717) is 5.56 Å². The van der Waals surface area contributed by atoms with E-state index in [1.54, 1.807) is 0 Å². The minimum absolute atomic E-state index is 0.291. The SMILES string of the molecule is O=C(O)CC(Br)C(=O)c1ccc(F)cc1. The average molecular weight is 275 g/mol. The van der Waals surface area contributed by atoms with Gasteiger partial charge in [0.05, 0.1) is 11.2 Å². The highest BCUT2D eigenvalue weighted by atomic mass is 79.9. The molecule has 0 aromatic heterocycles. The molecule has 3 nitrogen and oxygen atoms in total. The Bertz CT molecular complexity index is 375. The monoisotopic (exact) mass is 274 g/mol. The molecule has 1 unspecified atom stereocenters. The fourth-order valence-electron chi connectivity index (χ4n) is 1.04. The van der Waals surface area contributed by atoms with Crippen molar-refractivity contribution >= 4 is 27.7 Å². The summed E-state index contributed by atoms with van der Waals surface area (Å²) in [5.41, 5.74) is 0.291. The molecule has 5 heteroatoms. The van der Waals surface area contributed by atoms with Gasteiger partial charge < -0.3 is 5.11 Å². The van der Waals surface area contributed by atoms with Gasteiger partial charge in [-0.2, -0.15) is 0 Å². The van der Waals surface area contributed by atoms with Crippen LogP contribution in [0.5, 0.6) is 0 Å². The molecule has 0 spiro atoms. The zero-order valence-electron chi connectivity index (χ0n) is 7.61. The second-order valence-electron chi connectivity index (χ2n) is 2.94. The van der Waals surface area contributed by atoms with Gasteiger partial charge in [0.15, 0.2) is 5.78 Å². The average Bonchev–Trinajstić information content (AvgIpc) is 2.17. The van der Waals surface area contributed by atoms with Crippen LogP contribution in [0.25, 0.3) is 0 Å². The van der Waals surface area contributed by atoms with Crippen molar-refractivity contribution in [3.05, 3.63) is 35.6 Å². The standard InChI is InChI=1S/C10H8BrFO3/c11-8(5-9(13)14)10(15)6-1-3-7(12)4-2-6/h1-4,8H,5H2,(H,13,14). The molecule has 1 rings (SSSR count). The van der Waals surface area contributed by atoms with Crippen molar-refractivity contribution < 1.29 is 19.1 Å². The summed E-state index contributed by atoms with van der Waals surface area (Å²) >= 11 is 2.97. The number of rotatable bonds is 4. The van der Waals surface area contributed by atoms with Gasteiger partial charge in [0.1, 0.15) is 5.82 Å². The Kier molecular flexibility index (Phi) is 3.96. The number of carboxylic acids is 1.